The summed E-state index contributed by atoms with van der Waals surface area (Å²) < 4.78 is 12.6. The second-order valence-electron chi connectivity index (χ2n) is 3.21. The third-order valence-corrected chi connectivity index (χ3v) is 5.21. The van der Waals surface area contributed by atoms with E-state index in [0.717, 1.165) is 20.8 Å². The number of anilines is 1. The van der Waals surface area contributed by atoms with Crippen molar-refractivity contribution >= 4 is 38.0 Å². The molecule has 0 spiro atoms. The molecule has 0 aliphatic heterocycles. The highest BCUT2D eigenvalue weighted by Crippen LogP contribution is 2.34. The Hall–Kier alpha value is -0.940. The van der Waals surface area contributed by atoms with Crippen molar-refractivity contribution in [1.29, 1.82) is 0 Å². The van der Waals surface area contributed by atoms with E-state index in [0.29, 0.717) is 11.4 Å². The number of rotatable bonds is 3. The minimum atomic E-state index is -0.974. The first-order chi connectivity index (χ1) is 7.24. The van der Waals surface area contributed by atoms with Crippen molar-refractivity contribution in [2.24, 2.45) is 0 Å². The third-order valence-electron chi connectivity index (χ3n) is 2.07. The molecule has 2 aromatic rings. The van der Waals surface area contributed by atoms with Gasteiger partial charge in [-0.05, 0) is 18.6 Å². The average molecular weight is 240 g/mol. The molecule has 0 radical (unpaired) electrons. The maximum absolute atomic E-state index is 11.8. The predicted octanol–water partition coefficient (Wildman–Crippen LogP) is 2.40. The Kier molecular flexibility index (Phi) is 3.02. The van der Waals surface area contributed by atoms with Crippen molar-refractivity contribution in [1.82, 2.24) is 4.98 Å². The number of pyridine rings is 1. The number of nitrogen functional groups attached to an aromatic ring is 1. The van der Waals surface area contributed by atoms with E-state index in [9.17, 15) is 4.21 Å². The number of aromatic nitrogens is 1. The molecule has 0 amide bonds. The van der Waals surface area contributed by atoms with E-state index in [1.807, 2.05) is 19.1 Å². The zero-order valence-corrected chi connectivity index (χ0v) is 10.0. The van der Waals surface area contributed by atoms with Gasteiger partial charge in [0.25, 0.3) is 0 Å². The van der Waals surface area contributed by atoms with Gasteiger partial charge in [-0.2, -0.15) is 0 Å². The standard InChI is InChI=1S/C10H12N2OS2/c1-2-6-15(13)10-8(11)7-4-3-5-12-9(7)14-10/h3-5H,2,6,11H2,1H3. The second-order valence-corrected chi connectivity index (χ2v) is 5.97. The average Bonchev–Trinajstić information content (AvgIpc) is 2.57. The van der Waals surface area contributed by atoms with Gasteiger partial charge in [0.1, 0.15) is 9.04 Å². The first-order valence-electron chi connectivity index (χ1n) is 4.75. The summed E-state index contributed by atoms with van der Waals surface area (Å²) in [5.41, 5.74) is 6.58. The predicted molar refractivity (Wildman–Crippen MR) is 65.6 cm³/mol. The maximum Gasteiger partial charge on any atom is 0.126 e. The fraction of sp³-hybridized carbons (Fsp3) is 0.300. The fourth-order valence-electron chi connectivity index (χ4n) is 1.38. The minimum absolute atomic E-state index is 0.634. The van der Waals surface area contributed by atoms with Crippen LogP contribution >= 0.6 is 11.3 Å². The lowest BCUT2D eigenvalue weighted by molar-refractivity contribution is 0.683. The summed E-state index contributed by atoms with van der Waals surface area (Å²) in [6.07, 6.45) is 2.62. The molecule has 80 valence electrons. The molecule has 2 aromatic heterocycles. The van der Waals surface area contributed by atoms with Gasteiger partial charge in [-0.15, -0.1) is 11.3 Å². The fourth-order valence-corrected chi connectivity index (χ4v) is 3.94. The van der Waals surface area contributed by atoms with Crippen molar-refractivity contribution in [3.63, 3.8) is 0 Å². The zero-order valence-electron chi connectivity index (χ0n) is 8.40. The highest BCUT2D eigenvalue weighted by molar-refractivity contribution is 7.87. The Balaban J connectivity index is 2.53. The Morgan fingerprint density at radius 2 is 2.40 bits per heavy atom. The Labute approximate surface area is 94.8 Å². The van der Waals surface area contributed by atoms with Crippen LogP contribution in [0.25, 0.3) is 10.2 Å². The van der Waals surface area contributed by atoms with Gasteiger partial charge in [0.05, 0.1) is 16.5 Å². The van der Waals surface area contributed by atoms with Gasteiger partial charge >= 0.3 is 0 Å². The van der Waals surface area contributed by atoms with E-state index < -0.39 is 10.8 Å². The van der Waals surface area contributed by atoms with Crippen molar-refractivity contribution < 1.29 is 4.21 Å². The van der Waals surface area contributed by atoms with Crippen LogP contribution in [-0.4, -0.2) is 14.9 Å². The summed E-state index contributed by atoms with van der Waals surface area (Å²) in [7, 11) is -0.974. The lowest BCUT2D eigenvalue weighted by Crippen LogP contribution is -1.97. The third kappa shape index (κ3) is 1.89. The molecular formula is C10H12N2OS2. The molecule has 15 heavy (non-hydrogen) atoms. The lowest BCUT2D eigenvalue weighted by atomic mass is 10.3. The van der Waals surface area contributed by atoms with Crippen LogP contribution in [0, 0.1) is 0 Å². The normalized spacial score (nSPS) is 13.1. The van der Waals surface area contributed by atoms with Crippen LogP contribution in [0.4, 0.5) is 5.69 Å². The number of fused-ring (bicyclic) bond motifs is 1. The van der Waals surface area contributed by atoms with Gasteiger partial charge in [-0.3, -0.25) is 4.21 Å². The highest BCUT2D eigenvalue weighted by atomic mass is 32.2. The van der Waals surface area contributed by atoms with Crippen LogP contribution in [0.2, 0.25) is 0 Å². The summed E-state index contributed by atoms with van der Waals surface area (Å²) in [5.74, 6) is 0.664. The van der Waals surface area contributed by atoms with Gasteiger partial charge in [-0.25, -0.2) is 4.98 Å². The first-order valence-corrected chi connectivity index (χ1v) is 6.89. The van der Waals surface area contributed by atoms with Crippen LogP contribution in [0.1, 0.15) is 13.3 Å². The van der Waals surface area contributed by atoms with E-state index in [2.05, 4.69) is 4.98 Å². The van der Waals surface area contributed by atoms with Crippen LogP contribution in [-0.2, 0) is 10.8 Å². The van der Waals surface area contributed by atoms with E-state index in [-0.39, 0.29) is 0 Å². The van der Waals surface area contributed by atoms with E-state index >= 15 is 0 Å². The topological polar surface area (TPSA) is 56.0 Å². The second kappa shape index (κ2) is 4.28. The van der Waals surface area contributed by atoms with Crippen LogP contribution in [0.15, 0.2) is 22.5 Å². The minimum Gasteiger partial charge on any atom is -0.397 e. The molecule has 1 atom stereocenters. The number of nitrogens with two attached hydrogens (primary N) is 1. The number of thiophene rings is 1. The molecule has 0 fully saturated rings. The molecule has 3 nitrogen and oxygen atoms in total. The molecule has 5 heteroatoms. The summed E-state index contributed by atoms with van der Waals surface area (Å²) >= 11 is 1.44. The smallest absolute Gasteiger partial charge is 0.126 e. The maximum atomic E-state index is 11.8. The zero-order chi connectivity index (χ0) is 10.8. The molecule has 2 N–H and O–H groups in total. The van der Waals surface area contributed by atoms with Crippen LogP contribution < -0.4 is 5.73 Å². The SMILES string of the molecule is CCCS(=O)c1sc2ncccc2c1N. The summed E-state index contributed by atoms with van der Waals surface area (Å²) in [4.78, 5) is 5.08. The Morgan fingerprint density at radius 1 is 1.60 bits per heavy atom. The molecule has 2 rings (SSSR count). The van der Waals surface area contributed by atoms with Gasteiger partial charge < -0.3 is 5.73 Å². The molecule has 0 saturated heterocycles. The quantitative estimate of drug-likeness (QED) is 0.896. The van der Waals surface area contributed by atoms with E-state index in [1.165, 1.54) is 11.3 Å². The van der Waals surface area contributed by atoms with Crippen LogP contribution in [0.5, 0.6) is 0 Å². The van der Waals surface area contributed by atoms with Gasteiger partial charge in [0, 0.05) is 17.3 Å². The highest BCUT2D eigenvalue weighted by Gasteiger charge is 2.14. The number of nitrogens with zero attached hydrogens (tertiary/aromatic N) is 1. The molecule has 0 saturated carbocycles. The lowest BCUT2D eigenvalue weighted by Gasteiger charge is -1.97. The number of hydrogen-bond donors (Lipinski definition) is 1. The molecule has 0 aromatic carbocycles. The van der Waals surface area contributed by atoms with Crippen molar-refractivity contribution in [3.05, 3.63) is 18.3 Å². The molecule has 2 heterocycles. The first kappa shape index (κ1) is 10.6. The van der Waals surface area contributed by atoms with Gasteiger partial charge in [-0.1, -0.05) is 6.92 Å². The van der Waals surface area contributed by atoms with Crippen LogP contribution in [0.3, 0.4) is 0 Å². The van der Waals surface area contributed by atoms with Crippen molar-refractivity contribution in [2.45, 2.75) is 17.6 Å². The van der Waals surface area contributed by atoms with Crippen molar-refractivity contribution in [2.75, 3.05) is 11.5 Å². The van der Waals surface area contributed by atoms with E-state index in [1.54, 1.807) is 6.20 Å². The summed E-state index contributed by atoms with van der Waals surface area (Å²) in [6, 6.07) is 3.76. The molecule has 0 aliphatic carbocycles. The largest absolute Gasteiger partial charge is 0.397 e. The molecule has 0 aliphatic rings. The molecular weight excluding hydrogens is 228 g/mol. The molecule has 1 unspecified atom stereocenters. The number of hydrogen-bond acceptors (Lipinski definition) is 4. The van der Waals surface area contributed by atoms with Gasteiger partial charge in [0.2, 0.25) is 0 Å². The van der Waals surface area contributed by atoms with Gasteiger partial charge in [0.15, 0.2) is 0 Å². The Morgan fingerprint density at radius 3 is 3.07 bits per heavy atom. The Bertz CT molecular complexity index is 507. The summed E-state index contributed by atoms with van der Waals surface area (Å²) in [6.45, 7) is 2.01. The monoisotopic (exact) mass is 240 g/mol. The molecule has 0 bridgehead atoms. The van der Waals surface area contributed by atoms with Crippen molar-refractivity contribution in [3.8, 4) is 0 Å². The summed E-state index contributed by atoms with van der Waals surface area (Å²) in [5, 5.41) is 0.918. The van der Waals surface area contributed by atoms with E-state index in [4.69, 9.17) is 5.73 Å².